The zero-order valence-electron chi connectivity index (χ0n) is 24.8. The molecular formula is C32H31ClF3NO7. The van der Waals surface area contributed by atoms with Crippen LogP contribution in [0.2, 0.25) is 5.02 Å². The molecule has 44 heavy (non-hydrogen) atoms. The Hall–Kier alpha value is -3.86. The number of halogens is 4. The van der Waals surface area contributed by atoms with Gasteiger partial charge in [-0.2, -0.15) is 13.2 Å². The van der Waals surface area contributed by atoms with Crippen molar-refractivity contribution in [3.63, 3.8) is 0 Å². The number of alkyl halides is 3. The van der Waals surface area contributed by atoms with Gasteiger partial charge in [0.15, 0.2) is 23.1 Å². The molecule has 1 heterocycles. The number of carbonyl (C=O) groups excluding carboxylic acids is 2. The van der Waals surface area contributed by atoms with Crippen LogP contribution < -0.4 is 9.47 Å². The summed E-state index contributed by atoms with van der Waals surface area (Å²) in [6, 6.07) is 4.93. The summed E-state index contributed by atoms with van der Waals surface area (Å²) >= 11 is 6.70. The number of benzene rings is 2. The number of Topliss-reactive ketones (excluding diaryl/α,β-unsaturated/α-hetero) is 2. The molecule has 0 saturated heterocycles. The molecule has 12 heteroatoms. The van der Waals surface area contributed by atoms with Crippen LogP contribution in [0.15, 0.2) is 53.0 Å². The first-order chi connectivity index (χ1) is 20.4. The summed E-state index contributed by atoms with van der Waals surface area (Å²) < 4.78 is 57.6. The average molecular weight is 634 g/mol. The quantitative estimate of drug-likeness (QED) is 0.231. The summed E-state index contributed by atoms with van der Waals surface area (Å²) in [5.41, 5.74) is -1.62. The molecule has 0 N–H and O–H groups in total. The third-order valence-electron chi connectivity index (χ3n) is 7.94. The van der Waals surface area contributed by atoms with E-state index in [0.29, 0.717) is 53.2 Å². The van der Waals surface area contributed by atoms with E-state index in [-0.39, 0.29) is 58.4 Å². The highest BCUT2D eigenvalue weighted by atomic mass is 35.5. The Morgan fingerprint density at radius 2 is 1.52 bits per heavy atom. The van der Waals surface area contributed by atoms with Crippen molar-refractivity contribution in [2.45, 2.75) is 72.4 Å². The number of rotatable bonds is 6. The first-order valence-corrected chi connectivity index (χ1v) is 14.5. The highest BCUT2D eigenvalue weighted by Crippen LogP contribution is 2.55. The summed E-state index contributed by atoms with van der Waals surface area (Å²) in [4.78, 5) is 38.0. The van der Waals surface area contributed by atoms with E-state index >= 15 is 0 Å². The number of ether oxygens (including phenoxy) is 3. The lowest BCUT2D eigenvalue weighted by molar-refractivity contribution is -0.385. The van der Waals surface area contributed by atoms with Crippen LogP contribution in [0.4, 0.5) is 18.9 Å². The maximum absolute atomic E-state index is 13.6. The molecule has 0 fully saturated rings. The van der Waals surface area contributed by atoms with Crippen LogP contribution in [0.3, 0.4) is 0 Å². The minimum Gasteiger partial charge on any atom is -0.490 e. The van der Waals surface area contributed by atoms with Crippen LogP contribution in [0, 0.1) is 20.9 Å². The summed E-state index contributed by atoms with van der Waals surface area (Å²) in [7, 11) is 0. The van der Waals surface area contributed by atoms with Gasteiger partial charge in [0, 0.05) is 48.8 Å². The second-order valence-electron chi connectivity index (χ2n) is 12.9. The molecule has 3 aliphatic rings. The SMILES string of the molecule is CCOc1cc(C2C3=C(CC(C)(C)CC3=O)OC3=C2C(=O)CC(C)(C)C3)cc(Cl)c1Oc1ccc(C(F)(F)F)cc1[N+](=O)[O-]. The van der Waals surface area contributed by atoms with Gasteiger partial charge in [0.05, 0.1) is 22.1 Å². The number of nitro benzene ring substituents is 1. The largest absolute Gasteiger partial charge is 0.490 e. The van der Waals surface area contributed by atoms with Gasteiger partial charge in [-0.3, -0.25) is 19.7 Å². The molecule has 0 saturated carbocycles. The van der Waals surface area contributed by atoms with Gasteiger partial charge in [0.2, 0.25) is 5.75 Å². The van der Waals surface area contributed by atoms with E-state index < -0.39 is 34.0 Å². The molecule has 0 bridgehead atoms. The smallest absolute Gasteiger partial charge is 0.416 e. The van der Waals surface area contributed by atoms with Crippen molar-refractivity contribution in [2.75, 3.05) is 6.61 Å². The van der Waals surface area contributed by atoms with Crippen molar-refractivity contribution in [2.24, 2.45) is 10.8 Å². The highest BCUT2D eigenvalue weighted by molar-refractivity contribution is 6.32. The molecule has 5 rings (SSSR count). The first-order valence-electron chi connectivity index (χ1n) is 14.1. The number of carbonyl (C=O) groups is 2. The standard InChI is InChI=1S/C32H31ClF3NO7/c1-6-42-23-10-16(9-18(33)29(23)44-22-8-7-17(32(34,35)36)11-19(22)37(40)41)26-27-20(38)12-30(2,3)14-24(27)43-25-15-31(4,5)13-21(39)28(25)26/h7-11,26H,6,12-15H2,1-5H3. The maximum Gasteiger partial charge on any atom is 0.416 e. The van der Waals surface area contributed by atoms with Crippen molar-refractivity contribution in [3.8, 4) is 17.2 Å². The molecule has 0 unspecified atom stereocenters. The van der Waals surface area contributed by atoms with Crippen LogP contribution >= 0.6 is 11.6 Å². The van der Waals surface area contributed by atoms with Gasteiger partial charge >= 0.3 is 11.9 Å². The maximum atomic E-state index is 13.6. The van der Waals surface area contributed by atoms with Crippen molar-refractivity contribution in [1.29, 1.82) is 0 Å². The highest BCUT2D eigenvalue weighted by Gasteiger charge is 2.48. The van der Waals surface area contributed by atoms with Crippen LogP contribution in [-0.2, 0) is 20.5 Å². The third-order valence-corrected chi connectivity index (χ3v) is 8.22. The minimum absolute atomic E-state index is 0.0344. The number of allylic oxidation sites excluding steroid dienone is 4. The molecule has 1 aliphatic heterocycles. The average Bonchev–Trinajstić information content (AvgIpc) is 2.87. The van der Waals surface area contributed by atoms with Crippen LogP contribution in [-0.4, -0.2) is 23.1 Å². The zero-order valence-corrected chi connectivity index (χ0v) is 25.6. The zero-order chi connectivity index (χ0) is 32.4. The molecule has 8 nitrogen and oxygen atoms in total. The van der Waals surface area contributed by atoms with Crippen molar-refractivity contribution < 1.29 is 41.9 Å². The van der Waals surface area contributed by atoms with E-state index in [1.165, 1.54) is 6.07 Å². The van der Waals surface area contributed by atoms with E-state index in [4.69, 9.17) is 25.8 Å². The molecule has 0 amide bonds. The normalized spacial score (nSPS) is 19.8. The number of ketones is 2. The Morgan fingerprint density at radius 3 is 2.02 bits per heavy atom. The van der Waals surface area contributed by atoms with E-state index in [0.717, 1.165) is 6.07 Å². The fourth-order valence-corrected chi connectivity index (χ4v) is 6.41. The number of hydrogen-bond acceptors (Lipinski definition) is 7. The van der Waals surface area contributed by atoms with E-state index in [9.17, 15) is 32.9 Å². The Balaban J connectivity index is 1.66. The third kappa shape index (κ3) is 5.94. The van der Waals surface area contributed by atoms with Crippen molar-refractivity contribution in [3.05, 3.63) is 79.3 Å². The van der Waals surface area contributed by atoms with Gasteiger partial charge in [0.1, 0.15) is 11.5 Å². The fraction of sp³-hybridized carbons (Fsp3) is 0.438. The lowest BCUT2D eigenvalue weighted by Gasteiger charge is -2.42. The monoisotopic (exact) mass is 633 g/mol. The molecule has 2 aliphatic carbocycles. The molecule has 0 radical (unpaired) electrons. The van der Waals surface area contributed by atoms with Crippen molar-refractivity contribution >= 4 is 28.9 Å². The molecule has 2 aromatic rings. The van der Waals surface area contributed by atoms with E-state index in [1.807, 2.05) is 27.7 Å². The Labute approximate surface area is 257 Å². The number of nitrogens with zero attached hydrogens (tertiary/aromatic N) is 1. The van der Waals surface area contributed by atoms with Crippen LogP contribution in [0.25, 0.3) is 0 Å². The number of nitro groups is 1. The second-order valence-corrected chi connectivity index (χ2v) is 13.3. The van der Waals surface area contributed by atoms with E-state index in [1.54, 1.807) is 13.0 Å². The van der Waals surface area contributed by atoms with Crippen molar-refractivity contribution in [1.82, 2.24) is 0 Å². The van der Waals surface area contributed by atoms with Gasteiger partial charge in [-0.1, -0.05) is 39.3 Å². The molecule has 0 aromatic heterocycles. The van der Waals surface area contributed by atoms with Gasteiger partial charge in [-0.15, -0.1) is 0 Å². The van der Waals surface area contributed by atoms with Gasteiger partial charge in [-0.05, 0) is 47.6 Å². The Bertz CT molecular complexity index is 1600. The fourth-order valence-electron chi connectivity index (χ4n) is 6.16. The predicted octanol–water partition coefficient (Wildman–Crippen LogP) is 8.86. The Morgan fingerprint density at radius 1 is 0.955 bits per heavy atom. The molecular weight excluding hydrogens is 603 g/mol. The summed E-state index contributed by atoms with van der Waals surface area (Å²) in [5.74, 6) is -0.692. The summed E-state index contributed by atoms with van der Waals surface area (Å²) in [5, 5.41) is 11.6. The van der Waals surface area contributed by atoms with Gasteiger partial charge in [-0.25, -0.2) is 0 Å². The minimum atomic E-state index is -4.80. The van der Waals surface area contributed by atoms with Gasteiger partial charge < -0.3 is 14.2 Å². The summed E-state index contributed by atoms with van der Waals surface area (Å²) in [6.45, 7) is 9.70. The van der Waals surface area contributed by atoms with Gasteiger partial charge in [0.25, 0.3) is 0 Å². The van der Waals surface area contributed by atoms with Crippen LogP contribution in [0.5, 0.6) is 17.2 Å². The molecule has 0 atom stereocenters. The second kappa shape index (κ2) is 10.9. The predicted molar refractivity (Wildman–Crippen MR) is 155 cm³/mol. The lowest BCUT2D eigenvalue weighted by atomic mass is 9.65. The van der Waals surface area contributed by atoms with E-state index in [2.05, 4.69) is 0 Å². The number of hydrogen-bond donors (Lipinski definition) is 0. The molecule has 2 aromatic carbocycles. The molecule has 0 spiro atoms. The van der Waals surface area contributed by atoms with Crippen LogP contribution in [0.1, 0.15) is 77.3 Å². The lowest BCUT2D eigenvalue weighted by Crippen LogP contribution is -2.37. The first kappa shape index (κ1) is 31.6. The molecule has 234 valence electrons. The Kier molecular flexibility index (Phi) is 7.85. The topological polar surface area (TPSA) is 105 Å². The summed E-state index contributed by atoms with van der Waals surface area (Å²) in [6.07, 6.45) is -3.33.